The van der Waals surface area contributed by atoms with Gasteiger partial charge in [0.05, 0.1) is 13.1 Å². The van der Waals surface area contributed by atoms with E-state index in [-0.39, 0.29) is 5.91 Å². The van der Waals surface area contributed by atoms with Crippen molar-refractivity contribution in [3.8, 4) is 5.82 Å². The molecular weight excluding hydrogens is 350 g/mol. The van der Waals surface area contributed by atoms with E-state index in [2.05, 4.69) is 20.3 Å². The van der Waals surface area contributed by atoms with Crippen molar-refractivity contribution in [3.05, 3.63) is 48.7 Å². The second kappa shape index (κ2) is 7.69. The third-order valence-electron chi connectivity index (χ3n) is 4.19. The molecule has 3 aromatic rings. The Kier molecular flexibility index (Phi) is 4.96. The van der Waals surface area contributed by atoms with Crippen LogP contribution in [-0.4, -0.2) is 52.6 Å². The molecule has 0 unspecified atom stereocenters. The standard InChI is InChI=1S/C17H19N7OS/c25-16-6-3-9-22(16)13-15-20-21-17(24(15)14-5-1-2-7-18-14)26-12-11-23-10-4-8-19-23/h1-2,4-5,7-8,10H,3,6,9,11-13H2. The molecule has 0 atom stereocenters. The lowest BCUT2D eigenvalue weighted by Crippen LogP contribution is -2.25. The second-order valence-electron chi connectivity index (χ2n) is 5.96. The fraction of sp³-hybridized carbons (Fsp3) is 0.353. The first-order chi connectivity index (χ1) is 12.8. The van der Waals surface area contributed by atoms with Gasteiger partial charge in [0.2, 0.25) is 5.91 Å². The molecular formula is C17H19N7OS. The smallest absolute Gasteiger partial charge is 0.223 e. The number of aryl methyl sites for hydroxylation is 1. The van der Waals surface area contributed by atoms with E-state index in [4.69, 9.17) is 0 Å². The van der Waals surface area contributed by atoms with E-state index in [9.17, 15) is 4.79 Å². The highest BCUT2D eigenvalue weighted by Gasteiger charge is 2.24. The predicted octanol–water partition coefficient (Wildman–Crippen LogP) is 1.77. The van der Waals surface area contributed by atoms with Gasteiger partial charge in [0.25, 0.3) is 0 Å². The molecule has 1 aliphatic rings. The molecule has 0 N–H and O–H groups in total. The van der Waals surface area contributed by atoms with E-state index in [1.165, 1.54) is 0 Å². The van der Waals surface area contributed by atoms with E-state index in [1.54, 1.807) is 24.2 Å². The van der Waals surface area contributed by atoms with Crippen LogP contribution < -0.4 is 0 Å². The zero-order valence-electron chi connectivity index (χ0n) is 14.2. The first kappa shape index (κ1) is 16.8. The van der Waals surface area contributed by atoms with Crippen molar-refractivity contribution in [2.45, 2.75) is 31.1 Å². The maximum absolute atomic E-state index is 12.0. The number of rotatable bonds is 7. The Balaban J connectivity index is 1.56. The molecule has 134 valence electrons. The Hall–Kier alpha value is -2.68. The highest BCUT2D eigenvalue weighted by molar-refractivity contribution is 7.99. The van der Waals surface area contributed by atoms with Crippen molar-refractivity contribution >= 4 is 17.7 Å². The Morgan fingerprint density at radius 2 is 2.12 bits per heavy atom. The van der Waals surface area contributed by atoms with Gasteiger partial charge >= 0.3 is 0 Å². The maximum Gasteiger partial charge on any atom is 0.223 e. The number of amides is 1. The van der Waals surface area contributed by atoms with Gasteiger partial charge in [-0.1, -0.05) is 17.8 Å². The maximum atomic E-state index is 12.0. The molecule has 4 rings (SSSR count). The van der Waals surface area contributed by atoms with Crippen molar-refractivity contribution in [2.75, 3.05) is 12.3 Å². The van der Waals surface area contributed by atoms with Gasteiger partial charge in [0.1, 0.15) is 5.82 Å². The summed E-state index contributed by atoms with van der Waals surface area (Å²) in [4.78, 5) is 18.3. The molecule has 0 aromatic carbocycles. The first-order valence-electron chi connectivity index (χ1n) is 8.55. The Morgan fingerprint density at radius 3 is 2.85 bits per heavy atom. The van der Waals surface area contributed by atoms with E-state index in [0.29, 0.717) is 13.0 Å². The minimum atomic E-state index is 0.174. The minimum absolute atomic E-state index is 0.174. The van der Waals surface area contributed by atoms with Crippen LogP contribution in [0, 0.1) is 0 Å². The monoisotopic (exact) mass is 369 g/mol. The summed E-state index contributed by atoms with van der Waals surface area (Å²) in [5.74, 6) is 2.49. The summed E-state index contributed by atoms with van der Waals surface area (Å²) in [7, 11) is 0. The molecule has 1 fully saturated rings. The van der Waals surface area contributed by atoms with Crippen LogP contribution in [0.1, 0.15) is 18.7 Å². The van der Waals surface area contributed by atoms with Gasteiger partial charge in [0.15, 0.2) is 11.0 Å². The first-order valence-corrected chi connectivity index (χ1v) is 9.53. The highest BCUT2D eigenvalue weighted by Crippen LogP contribution is 2.23. The average Bonchev–Trinajstić information content (AvgIpc) is 3.39. The summed E-state index contributed by atoms with van der Waals surface area (Å²) in [6.45, 7) is 2.02. The largest absolute Gasteiger partial charge is 0.335 e. The van der Waals surface area contributed by atoms with E-state index >= 15 is 0 Å². The second-order valence-corrected chi connectivity index (χ2v) is 7.02. The predicted molar refractivity (Wildman–Crippen MR) is 96.8 cm³/mol. The number of nitrogens with zero attached hydrogens (tertiary/aromatic N) is 7. The van der Waals surface area contributed by atoms with Crippen LogP contribution in [0.4, 0.5) is 0 Å². The third-order valence-corrected chi connectivity index (χ3v) is 5.10. The molecule has 8 nitrogen and oxygen atoms in total. The molecule has 3 aromatic heterocycles. The fourth-order valence-electron chi connectivity index (χ4n) is 2.92. The molecule has 0 aliphatic carbocycles. The number of likely N-dealkylation sites (tertiary alicyclic amines) is 1. The fourth-order valence-corrected chi connectivity index (χ4v) is 3.80. The topological polar surface area (TPSA) is 81.7 Å². The summed E-state index contributed by atoms with van der Waals surface area (Å²) in [5.41, 5.74) is 0. The lowest BCUT2D eigenvalue weighted by molar-refractivity contribution is -0.128. The molecule has 1 saturated heterocycles. The van der Waals surface area contributed by atoms with Gasteiger partial charge < -0.3 is 4.90 Å². The third kappa shape index (κ3) is 3.62. The summed E-state index contributed by atoms with van der Waals surface area (Å²) in [5, 5.41) is 13.7. The number of carbonyl (C=O) groups is 1. The quantitative estimate of drug-likeness (QED) is 0.591. The zero-order chi connectivity index (χ0) is 17.8. The van der Waals surface area contributed by atoms with Crippen LogP contribution >= 0.6 is 11.8 Å². The van der Waals surface area contributed by atoms with Crippen LogP contribution in [-0.2, 0) is 17.9 Å². The number of thioether (sulfide) groups is 1. The molecule has 0 bridgehead atoms. The van der Waals surface area contributed by atoms with Gasteiger partial charge in [0, 0.05) is 37.3 Å². The SMILES string of the molecule is O=C1CCCN1Cc1nnc(SCCn2cccn2)n1-c1ccccn1. The number of hydrogen-bond donors (Lipinski definition) is 0. The van der Waals surface area contributed by atoms with Gasteiger partial charge in [-0.25, -0.2) is 4.98 Å². The lowest BCUT2D eigenvalue weighted by Gasteiger charge is -2.16. The Morgan fingerprint density at radius 1 is 1.15 bits per heavy atom. The molecule has 0 spiro atoms. The molecule has 1 aliphatic heterocycles. The van der Waals surface area contributed by atoms with E-state index in [0.717, 1.165) is 42.1 Å². The summed E-state index contributed by atoms with van der Waals surface area (Å²) in [6, 6.07) is 7.65. The minimum Gasteiger partial charge on any atom is -0.335 e. The van der Waals surface area contributed by atoms with Crippen LogP contribution in [0.15, 0.2) is 48.0 Å². The number of hydrogen-bond acceptors (Lipinski definition) is 6. The van der Waals surface area contributed by atoms with Crippen molar-refractivity contribution < 1.29 is 4.79 Å². The average molecular weight is 369 g/mol. The van der Waals surface area contributed by atoms with Gasteiger partial charge in [-0.05, 0) is 24.6 Å². The normalized spacial score (nSPS) is 14.3. The van der Waals surface area contributed by atoms with Gasteiger partial charge in [-0.3, -0.25) is 14.0 Å². The lowest BCUT2D eigenvalue weighted by atomic mass is 10.4. The van der Waals surface area contributed by atoms with Crippen molar-refractivity contribution in [1.29, 1.82) is 0 Å². The van der Waals surface area contributed by atoms with Crippen LogP contribution in [0.25, 0.3) is 5.82 Å². The summed E-state index contributed by atoms with van der Waals surface area (Å²) < 4.78 is 3.83. The van der Waals surface area contributed by atoms with Crippen LogP contribution in [0.5, 0.6) is 0 Å². The van der Waals surface area contributed by atoms with Crippen molar-refractivity contribution in [2.24, 2.45) is 0 Å². The van der Waals surface area contributed by atoms with E-state index < -0.39 is 0 Å². The summed E-state index contributed by atoms with van der Waals surface area (Å²) in [6.07, 6.45) is 6.98. The van der Waals surface area contributed by atoms with Gasteiger partial charge in [-0.15, -0.1) is 10.2 Å². The van der Waals surface area contributed by atoms with Crippen molar-refractivity contribution in [3.63, 3.8) is 0 Å². The van der Waals surface area contributed by atoms with Crippen LogP contribution in [0.3, 0.4) is 0 Å². The van der Waals surface area contributed by atoms with Gasteiger partial charge in [-0.2, -0.15) is 5.10 Å². The molecule has 9 heteroatoms. The number of carbonyl (C=O) groups excluding carboxylic acids is 1. The van der Waals surface area contributed by atoms with E-state index in [1.807, 2.05) is 44.6 Å². The zero-order valence-corrected chi connectivity index (χ0v) is 15.0. The number of pyridine rings is 1. The van der Waals surface area contributed by atoms with Crippen LogP contribution in [0.2, 0.25) is 0 Å². The Bertz CT molecular complexity index is 863. The molecule has 0 saturated carbocycles. The Labute approximate surface area is 155 Å². The van der Waals surface area contributed by atoms with Crippen molar-refractivity contribution in [1.82, 2.24) is 34.4 Å². The molecule has 26 heavy (non-hydrogen) atoms. The highest BCUT2D eigenvalue weighted by atomic mass is 32.2. The molecule has 0 radical (unpaired) electrons. The summed E-state index contributed by atoms with van der Waals surface area (Å²) >= 11 is 1.60. The molecule has 1 amide bonds. The number of aromatic nitrogens is 6. The molecule has 4 heterocycles.